The van der Waals surface area contributed by atoms with E-state index in [9.17, 15) is 4.79 Å². The predicted molar refractivity (Wildman–Crippen MR) is 74.5 cm³/mol. The number of carbonyl (C=O) groups is 1. The zero-order valence-corrected chi connectivity index (χ0v) is 12.1. The molecule has 19 heavy (non-hydrogen) atoms. The number of aliphatic carboxylic acids is 1. The quantitative estimate of drug-likeness (QED) is 0.878. The number of rotatable bonds is 4. The number of thioether (sulfide) groups is 1. The summed E-state index contributed by atoms with van der Waals surface area (Å²) in [5, 5.41) is 17.9. The Morgan fingerprint density at radius 2 is 2.16 bits per heavy atom. The molecule has 0 aliphatic rings. The summed E-state index contributed by atoms with van der Waals surface area (Å²) in [7, 11) is 0. The van der Waals surface area contributed by atoms with Gasteiger partial charge in [0.25, 0.3) is 0 Å². The molecule has 5 nitrogen and oxygen atoms in total. The molecule has 0 saturated heterocycles. The lowest BCUT2D eigenvalue weighted by molar-refractivity contribution is -0.133. The van der Waals surface area contributed by atoms with Crippen LogP contribution in [-0.2, 0) is 4.79 Å². The van der Waals surface area contributed by atoms with Crippen LogP contribution >= 0.6 is 35.0 Å². The van der Waals surface area contributed by atoms with Crippen LogP contribution in [0.4, 0.5) is 0 Å². The lowest BCUT2D eigenvalue weighted by Crippen LogP contribution is -2.03. The molecule has 1 heterocycles. The second-order valence-electron chi connectivity index (χ2n) is 3.62. The van der Waals surface area contributed by atoms with Gasteiger partial charge in [0.1, 0.15) is 5.82 Å². The number of hydrogen-bond donors (Lipinski definition) is 1. The zero-order chi connectivity index (χ0) is 14.0. The Morgan fingerprint density at radius 3 is 2.84 bits per heavy atom. The van der Waals surface area contributed by atoms with Crippen LogP contribution in [0.15, 0.2) is 23.4 Å². The highest BCUT2D eigenvalue weighted by Crippen LogP contribution is 2.31. The summed E-state index contributed by atoms with van der Waals surface area (Å²) >= 11 is 13.2. The Balaban J connectivity index is 2.46. The van der Waals surface area contributed by atoms with Crippen molar-refractivity contribution in [2.75, 3.05) is 5.75 Å². The first-order chi connectivity index (χ1) is 9.00. The number of aromatic nitrogens is 3. The van der Waals surface area contributed by atoms with E-state index in [0.717, 1.165) is 11.8 Å². The van der Waals surface area contributed by atoms with Gasteiger partial charge in [-0.2, -0.15) is 0 Å². The Morgan fingerprint density at radius 1 is 1.42 bits per heavy atom. The van der Waals surface area contributed by atoms with Gasteiger partial charge in [0, 0.05) is 0 Å². The Labute approximate surface area is 123 Å². The molecular formula is C11H9Cl2N3O2S. The van der Waals surface area contributed by atoms with Crippen LogP contribution < -0.4 is 0 Å². The van der Waals surface area contributed by atoms with Crippen molar-refractivity contribution in [3.8, 4) is 5.69 Å². The first-order valence-corrected chi connectivity index (χ1v) is 6.96. The molecule has 0 fully saturated rings. The number of hydrogen-bond acceptors (Lipinski definition) is 4. The highest BCUT2D eigenvalue weighted by molar-refractivity contribution is 7.99. The lowest BCUT2D eigenvalue weighted by atomic mass is 10.3. The zero-order valence-electron chi connectivity index (χ0n) is 9.80. The van der Waals surface area contributed by atoms with Gasteiger partial charge in [0.05, 0.1) is 21.5 Å². The maximum Gasteiger partial charge on any atom is 0.313 e. The smallest absolute Gasteiger partial charge is 0.313 e. The van der Waals surface area contributed by atoms with Gasteiger partial charge >= 0.3 is 5.97 Å². The second-order valence-corrected chi connectivity index (χ2v) is 5.35. The number of carboxylic acid groups (broad SMARTS) is 1. The highest BCUT2D eigenvalue weighted by atomic mass is 35.5. The van der Waals surface area contributed by atoms with E-state index in [4.69, 9.17) is 28.3 Å². The minimum absolute atomic E-state index is 0.101. The summed E-state index contributed by atoms with van der Waals surface area (Å²) < 4.78 is 1.68. The fraction of sp³-hybridized carbons (Fsp3) is 0.182. The van der Waals surface area contributed by atoms with Gasteiger partial charge in [-0.3, -0.25) is 9.36 Å². The molecule has 0 aliphatic heterocycles. The molecule has 1 N–H and O–H groups in total. The largest absolute Gasteiger partial charge is 0.481 e. The molecule has 1 aromatic heterocycles. The normalized spacial score (nSPS) is 10.7. The molecular weight excluding hydrogens is 309 g/mol. The standard InChI is InChI=1S/C11H9Cl2N3O2S/c1-6-14-15-11(19-5-9(17)18)16(6)8-4-2-3-7(12)10(8)13/h2-4H,5H2,1H3,(H,17,18). The van der Waals surface area contributed by atoms with Crippen LogP contribution in [0.1, 0.15) is 5.82 Å². The van der Waals surface area contributed by atoms with E-state index in [1.165, 1.54) is 0 Å². The maximum atomic E-state index is 10.6. The summed E-state index contributed by atoms with van der Waals surface area (Å²) in [6.45, 7) is 1.76. The maximum absolute atomic E-state index is 10.6. The molecule has 0 spiro atoms. The van der Waals surface area contributed by atoms with E-state index < -0.39 is 5.97 Å². The van der Waals surface area contributed by atoms with E-state index in [1.54, 1.807) is 29.7 Å². The van der Waals surface area contributed by atoms with Gasteiger partial charge in [-0.25, -0.2) is 0 Å². The summed E-state index contributed by atoms with van der Waals surface area (Å²) in [6.07, 6.45) is 0. The summed E-state index contributed by atoms with van der Waals surface area (Å²) in [5.74, 6) is -0.414. The highest BCUT2D eigenvalue weighted by Gasteiger charge is 2.16. The van der Waals surface area contributed by atoms with Crippen molar-refractivity contribution in [1.29, 1.82) is 0 Å². The van der Waals surface area contributed by atoms with Crippen molar-refractivity contribution in [3.05, 3.63) is 34.1 Å². The Hall–Kier alpha value is -1.24. The van der Waals surface area contributed by atoms with E-state index in [1.807, 2.05) is 0 Å². The molecule has 0 bridgehead atoms. The van der Waals surface area contributed by atoms with Gasteiger partial charge in [-0.15, -0.1) is 10.2 Å². The number of benzene rings is 1. The summed E-state index contributed by atoms with van der Waals surface area (Å²) in [5.41, 5.74) is 0.629. The van der Waals surface area contributed by atoms with Crippen molar-refractivity contribution >= 4 is 40.9 Å². The van der Waals surface area contributed by atoms with E-state index >= 15 is 0 Å². The predicted octanol–water partition coefficient (Wildman–Crippen LogP) is 3.06. The van der Waals surface area contributed by atoms with Crippen molar-refractivity contribution in [2.24, 2.45) is 0 Å². The molecule has 0 amide bonds. The van der Waals surface area contributed by atoms with Crippen molar-refractivity contribution in [1.82, 2.24) is 14.8 Å². The van der Waals surface area contributed by atoms with Gasteiger partial charge in [0.2, 0.25) is 0 Å². The summed E-state index contributed by atoms with van der Waals surface area (Å²) in [6, 6.07) is 5.21. The Bertz CT molecular complexity index is 630. The second kappa shape index (κ2) is 5.81. The Kier molecular flexibility index (Phi) is 4.34. The fourth-order valence-corrected chi connectivity index (χ4v) is 2.60. The van der Waals surface area contributed by atoms with Crippen LogP contribution in [0.5, 0.6) is 0 Å². The SMILES string of the molecule is Cc1nnc(SCC(=O)O)n1-c1cccc(Cl)c1Cl. The molecule has 0 atom stereocenters. The third kappa shape index (κ3) is 3.02. The van der Waals surface area contributed by atoms with Crippen molar-refractivity contribution in [2.45, 2.75) is 12.1 Å². The molecule has 0 saturated carbocycles. The first kappa shape index (κ1) is 14.2. The van der Waals surface area contributed by atoms with Gasteiger partial charge in [0.15, 0.2) is 5.16 Å². The third-order valence-electron chi connectivity index (χ3n) is 2.29. The number of nitrogens with zero attached hydrogens (tertiary/aromatic N) is 3. The molecule has 2 rings (SSSR count). The minimum Gasteiger partial charge on any atom is -0.481 e. The van der Waals surface area contributed by atoms with E-state index in [2.05, 4.69) is 10.2 Å². The number of halogens is 2. The number of aryl methyl sites for hydroxylation is 1. The molecule has 1 aromatic carbocycles. The molecule has 0 unspecified atom stereocenters. The molecule has 0 aliphatic carbocycles. The molecule has 100 valence electrons. The lowest BCUT2D eigenvalue weighted by Gasteiger charge is -2.10. The molecule has 2 aromatic rings. The van der Waals surface area contributed by atoms with Gasteiger partial charge < -0.3 is 5.11 Å². The summed E-state index contributed by atoms with van der Waals surface area (Å²) in [4.78, 5) is 10.6. The molecule has 0 radical (unpaired) electrons. The van der Waals surface area contributed by atoms with Crippen LogP contribution in [0, 0.1) is 6.92 Å². The van der Waals surface area contributed by atoms with Crippen LogP contribution in [0.3, 0.4) is 0 Å². The molecule has 8 heteroatoms. The van der Waals surface area contributed by atoms with Crippen molar-refractivity contribution < 1.29 is 9.90 Å². The van der Waals surface area contributed by atoms with Crippen LogP contribution in [-0.4, -0.2) is 31.6 Å². The van der Waals surface area contributed by atoms with E-state index in [-0.39, 0.29) is 5.75 Å². The van der Waals surface area contributed by atoms with Crippen LogP contribution in [0.2, 0.25) is 10.0 Å². The first-order valence-electron chi connectivity index (χ1n) is 5.21. The van der Waals surface area contributed by atoms with Gasteiger partial charge in [-0.1, -0.05) is 41.0 Å². The minimum atomic E-state index is -0.922. The van der Waals surface area contributed by atoms with Gasteiger partial charge in [-0.05, 0) is 19.1 Å². The average molecular weight is 318 g/mol. The fourth-order valence-electron chi connectivity index (χ4n) is 1.51. The third-order valence-corrected chi connectivity index (χ3v) is 4.01. The average Bonchev–Trinajstić information content (AvgIpc) is 2.72. The van der Waals surface area contributed by atoms with Crippen molar-refractivity contribution in [3.63, 3.8) is 0 Å². The monoisotopic (exact) mass is 317 g/mol. The number of carboxylic acids is 1. The topological polar surface area (TPSA) is 68.0 Å². The van der Waals surface area contributed by atoms with E-state index in [0.29, 0.717) is 26.7 Å². The van der Waals surface area contributed by atoms with Crippen LogP contribution in [0.25, 0.3) is 5.69 Å².